The molecule has 0 aliphatic carbocycles. The number of carbonyl (C=O) groups is 1. The van der Waals surface area contributed by atoms with Crippen LogP contribution in [0, 0.1) is 11.8 Å². The monoisotopic (exact) mass is 535 g/mol. The van der Waals surface area contributed by atoms with E-state index in [-0.39, 0.29) is 36.1 Å². The fraction of sp³-hybridized carbons (Fsp3) is 0.909. The molecule has 7 nitrogen and oxygen atoms in total. The Labute approximate surface area is 200 Å². The highest BCUT2D eigenvalue weighted by molar-refractivity contribution is 14.0. The van der Waals surface area contributed by atoms with Crippen molar-refractivity contribution in [1.82, 2.24) is 20.0 Å². The molecule has 0 bridgehead atoms. The van der Waals surface area contributed by atoms with Gasteiger partial charge in [-0.05, 0) is 58.4 Å². The topological polar surface area (TPSA) is 60.4 Å². The molecule has 1 N–H and O–H groups in total. The van der Waals surface area contributed by atoms with E-state index < -0.39 is 5.60 Å². The van der Waals surface area contributed by atoms with Crippen molar-refractivity contribution in [2.75, 3.05) is 52.4 Å². The van der Waals surface area contributed by atoms with Gasteiger partial charge in [-0.15, -0.1) is 24.0 Å². The summed E-state index contributed by atoms with van der Waals surface area (Å²) < 4.78 is 5.52. The van der Waals surface area contributed by atoms with Gasteiger partial charge in [-0.25, -0.2) is 4.79 Å². The van der Waals surface area contributed by atoms with Crippen molar-refractivity contribution in [3.63, 3.8) is 0 Å². The minimum absolute atomic E-state index is 0. The molecule has 30 heavy (non-hydrogen) atoms. The van der Waals surface area contributed by atoms with E-state index in [0.29, 0.717) is 13.1 Å². The molecule has 3 aliphatic rings. The second-order valence-corrected chi connectivity index (χ2v) is 10.3. The van der Waals surface area contributed by atoms with Crippen LogP contribution in [0.3, 0.4) is 0 Å². The minimum atomic E-state index is -0.447. The number of nitrogens with zero attached hydrogens (tertiary/aromatic N) is 4. The van der Waals surface area contributed by atoms with E-state index >= 15 is 0 Å². The number of piperidine rings is 1. The maximum Gasteiger partial charge on any atom is 0.410 e. The van der Waals surface area contributed by atoms with Crippen LogP contribution in [-0.2, 0) is 4.74 Å². The maximum atomic E-state index is 12.3. The Hall–Kier alpha value is -0.770. The molecule has 0 spiro atoms. The zero-order valence-electron chi connectivity index (χ0n) is 19.5. The Morgan fingerprint density at radius 1 is 1.13 bits per heavy atom. The van der Waals surface area contributed by atoms with E-state index in [4.69, 9.17) is 9.73 Å². The van der Waals surface area contributed by atoms with Crippen LogP contribution in [-0.4, -0.2) is 90.8 Å². The second-order valence-electron chi connectivity index (χ2n) is 10.3. The van der Waals surface area contributed by atoms with Crippen LogP contribution >= 0.6 is 24.0 Å². The third-order valence-corrected chi connectivity index (χ3v) is 5.99. The SMILES string of the molecule is CC1CC(C)CN(CCCCNC2=NCC3CN(C(=O)OC(C)(C)C)CCN23)C1.I. The van der Waals surface area contributed by atoms with Crippen LogP contribution in [0.5, 0.6) is 0 Å². The van der Waals surface area contributed by atoms with E-state index in [1.165, 1.54) is 38.9 Å². The molecule has 174 valence electrons. The zero-order chi connectivity index (χ0) is 21.0. The van der Waals surface area contributed by atoms with E-state index in [1.807, 2.05) is 25.7 Å². The molecule has 3 unspecified atom stereocenters. The number of hydrogen-bond acceptors (Lipinski definition) is 6. The summed E-state index contributed by atoms with van der Waals surface area (Å²) in [5, 5.41) is 3.54. The highest BCUT2D eigenvalue weighted by atomic mass is 127. The Morgan fingerprint density at radius 3 is 2.50 bits per heavy atom. The predicted octanol–water partition coefficient (Wildman–Crippen LogP) is 3.24. The zero-order valence-corrected chi connectivity index (χ0v) is 21.9. The molecule has 0 aromatic heterocycles. The van der Waals surface area contributed by atoms with Gasteiger partial charge in [-0.1, -0.05) is 13.8 Å². The molecule has 0 aromatic carbocycles. The Kier molecular flexibility index (Phi) is 9.52. The molecule has 0 aromatic rings. The van der Waals surface area contributed by atoms with Crippen molar-refractivity contribution >= 4 is 36.0 Å². The lowest BCUT2D eigenvalue weighted by molar-refractivity contribution is 0.0137. The number of amides is 1. The first-order valence-electron chi connectivity index (χ1n) is 11.5. The number of piperazine rings is 1. The molecule has 8 heteroatoms. The fourth-order valence-electron chi connectivity index (χ4n) is 4.86. The van der Waals surface area contributed by atoms with Gasteiger partial charge in [0.25, 0.3) is 0 Å². The molecule has 2 saturated heterocycles. The summed E-state index contributed by atoms with van der Waals surface area (Å²) in [6.45, 7) is 18.1. The molecule has 3 atom stereocenters. The summed E-state index contributed by atoms with van der Waals surface area (Å²) in [7, 11) is 0. The molecular weight excluding hydrogens is 493 g/mol. The lowest BCUT2D eigenvalue weighted by Crippen LogP contribution is -2.57. The number of rotatable bonds is 5. The van der Waals surface area contributed by atoms with Crippen LogP contribution in [0.15, 0.2) is 4.99 Å². The molecule has 1 amide bonds. The standard InChI is InChI=1S/C22H41N5O2.HI/c1-17-12-18(2)15-25(14-17)9-7-6-8-23-20-24-13-19-16-26(10-11-27(19)20)21(28)29-22(3,4)5;/h17-19H,6-16H2,1-5H3,(H,23,24);1H. The Bertz CT molecular complexity index is 585. The molecule has 0 radical (unpaired) electrons. The van der Waals surface area contributed by atoms with Crippen molar-refractivity contribution in [3.05, 3.63) is 0 Å². The molecule has 2 fully saturated rings. The largest absolute Gasteiger partial charge is 0.444 e. The Morgan fingerprint density at radius 2 is 1.83 bits per heavy atom. The number of aliphatic imine (C=N–C) groups is 1. The first-order valence-corrected chi connectivity index (χ1v) is 11.5. The fourth-order valence-corrected chi connectivity index (χ4v) is 4.86. The third-order valence-electron chi connectivity index (χ3n) is 5.99. The van der Waals surface area contributed by atoms with Crippen molar-refractivity contribution in [2.45, 2.75) is 65.5 Å². The van der Waals surface area contributed by atoms with Gasteiger partial charge in [0.05, 0.1) is 12.6 Å². The quantitative estimate of drug-likeness (QED) is 0.433. The van der Waals surface area contributed by atoms with Gasteiger partial charge in [0.2, 0.25) is 0 Å². The van der Waals surface area contributed by atoms with Crippen LogP contribution in [0.2, 0.25) is 0 Å². The number of ether oxygens (including phenoxy) is 1. The van der Waals surface area contributed by atoms with Gasteiger partial charge in [-0.2, -0.15) is 0 Å². The number of fused-ring (bicyclic) bond motifs is 1. The number of unbranched alkanes of at least 4 members (excludes halogenated alkanes) is 1. The highest BCUT2D eigenvalue weighted by Gasteiger charge is 2.36. The van der Waals surface area contributed by atoms with Crippen molar-refractivity contribution in [1.29, 1.82) is 0 Å². The Balaban J connectivity index is 0.00000320. The number of likely N-dealkylation sites (tertiary alicyclic amines) is 1. The number of hydrogen-bond donors (Lipinski definition) is 1. The van der Waals surface area contributed by atoms with Crippen molar-refractivity contribution in [2.24, 2.45) is 16.8 Å². The third kappa shape index (κ3) is 7.43. The smallest absolute Gasteiger partial charge is 0.410 e. The summed E-state index contributed by atoms with van der Waals surface area (Å²) in [6, 6.07) is 0.273. The summed E-state index contributed by atoms with van der Waals surface area (Å²) in [5.74, 6) is 2.68. The van der Waals surface area contributed by atoms with Crippen LogP contribution in [0.1, 0.15) is 53.9 Å². The number of nitrogens with one attached hydrogen (secondary N) is 1. The van der Waals surface area contributed by atoms with E-state index in [9.17, 15) is 4.79 Å². The van der Waals surface area contributed by atoms with E-state index in [1.54, 1.807) is 0 Å². The average Bonchev–Trinajstić information content (AvgIpc) is 3.01. The summed E-state index contributed by atoms with van der Waals surface area (Å²) >= 11 is 0. The van der Waals surface area contributed by atoms with E-state index in [2.05, 4.69) is 29.0 Å². The van der Waals surface area contributed by atoms with Gasteiger partial charge in [0, 0.05) is 39.3 Å². The predicted molar refractivity (Wildman–Crippen MR) is 133 cm³/mol. The summed E-state index contributed by atoms with van der Waals surface area (Å²) in [5.41, 5.74) is -0.447. The second kappa shape index (κ2) is 11.2. The lowest BCUT2D eigenvalue weighted by Gasteiger charge is -2.39. The average molecular weight is 536 g/mol. The molecular formula is C22H42IN5O2. The molecule has 3 rings (SSSR count). The number of guanidine groups is 1. The van der Waals surface area contributed by atoms with Crippen LogP contribution in [0.25, 0.3) is 0 Å². The number of carbonyl (C=O) groups excluding carboxylic acids is 1. The number of halogens is 1. The van der Waals surface area contributed by atoms with Gasteiger partial charge in [0.15, 0.2) is 5.96 Å². The van der Waals surface area contributed by atoms with Crippen LogP contribution in [0.4, 0.5) is 4.79 Å². The van der Waals surface area contributed by atoms with Crippen molar-refractivity contribution in [3.8, 4) is 0 Å². The lowest BCUT2D eigenvalue weighted by atomic mass is 9.92. The summed E-state index contributed by atoms with van der Waals surface area (Å²) in [6.07, 6.45) is 3.57. The molecule has 3 heterocycles. The minimum Gasteiger partial charge on any atom is -0.444 e. The van der Waals surface area contributed by atoms with Crippen molar-refractivity contribution < 1.29 is 9.53 Å². The molecule has 0 saturated carbocycles. The van der Waals surface area contributed by atoms with Crippen LogP contribution < -0.4 is 5.32 Å². The highest BCUT2D eigenvalue weighted by Crippen LogP contribution is 2.21. The molecule has 3 aliphatic heterocycles. The normalized spacial score (nSPS) is 27.2. The van der Waals surface area contributed by atoms with Gasteiger partial charge in [0.1, 0.15) is 5.60 Å². The van der Waals surface area contributed by atoms with Gasteiger partial charge >= 0.3 is 6.09 Å². The van der Waals surface area contributed by atoms with Gasteiger partial charge < -0.3 is 24.8 Å². The van der Waals surface area contributed by atoms with Gasteiger partial charge in [-0.3, -0.25) is 4.99 Å². The van der Waals surface area contributed by atoms with E-state index in [0.717, 1.165) is 37.4 Å². The first-order chi connectivity index (χ1) is 13.7. The summed E-state index contributed by atoms with van der Waals surface area (Å²) in [4.78, 5) is 23.8. The maximum absolute atomic E-state index is 12.3. The first kappa shape index (κ1) is 25.5.